The Hall–Kier alpha value is -3.22. The molecule has 1 aliphatic rings. The number of ketones is 2. The van der Waals surface area contributed by atoms with Crippen LogP contribution < -0.4 is 18.9 Å². The molecule has 0 spiro atoms. The summed E-state index contributed by atoms with van der Waals surface area (Å²) in [5, 5.41) is 27.3. The van der Waals surface area contributed by atoms with Gasteiger partial charge in [-0.2, -0.15) is 0 Å². The van der Waals surface area contributed by atoms with E-state index in [-0.39, 0.29) is 37.1 Å². The molecule has 0 radical (unpaired) electrons. The summed E-state index contributed by atoms with van der Waals surface area (Å²) in [5.74, 6) is -6.87. The molecule has 0 saturated heterocycles. The molecule has 0 unspecified atom stereocenters. The second-order valence-electron chi connectivity index (χ2n) is 4.82. The Morgan fingerprint density at radius 2 is 1.60 bits per heavy atom. The Kier molecular flexibility index (Phi) is 4.36. The van der Waals surface area contributed by atoms with Gasteiger partial charge < -0.3 is 21.7 Å². The molecule has 122 valence electrons. The first-order valence-corrected chi connectivity index (χ1v) is 6.29. The molecule has 0 fully saturated rings. The third kappa shape index (κ3) is 2.63. The molecular weight excluding hydrogens is 331 g/mol. The molecule has 2 heterocycles. The summed E-state index contributed by atoms with van der Waals surface area (Å²) in [6.07, 6.45) is 0. The van der Waals surface area contributed by atoms with E-state index in [0.717, 1.165) is 12.1 Å². The van der Waals surface area contributed by atoms with Crippen LogP contribution in [0.25, 0.3) is 11.3 Å². The van der Waals surface area contributed by atoms with Crippen molar-refractivity contribution in [1.29, 1.82) is 0 Å². The molecule has 2 aromatic heterocycles. The normalized spacial score (nSPS) is 12.0. The van der Waals surface area contributed by atoms with Crippen molar-refractivity contribution in [3.8, 4) is 11.3 Å². The van der Waals surface area contributed by atoms with Crippen LogP contribution in [-0.4, -0.2) is 54.8 Å². The number of Topliss-reactive ketones (excluding diaryl/α,β-unsaturated/α-hetero) is 2. The van der Waals surface area contributed by atoms with Crippen molar-refractivity contribution in [2.45, 2.75) is 0 Å². The fourth-order valence-electron chi connectivity index (χ4n) is 2.42. The monoisotopic (exact) mass is 338 g/mol. The molecule has 4 N–H and O–H groups in total. The van der Waals surface area contributed by atoms with Crippen LogP contribution in [0.3, 0.4) is 0 Å². The van der Waals surface area contributed by atoms with Crippen molar-refractivity contribution in [3.05, 3.63) is 40.3 Å². The van der Waals surface area contributed by atoms with Gasteiger partial charge in [0.1, 0.15) is 17.1 Å². The van der Waals surface area contributed by atoms with E-state index in [9.17, 15) is 29.1 Å². The number of aromatic nitrogens is 2. The standard InChI is InChI=1S/C14H6N2O8.Li.H/c17-10-4-2-6(14(23)24)15-8(4)7-3(12(19)20)1-5(13(21)22)16-9(7)11(10)18;;/h1-2,15H,(H,19,20)(H,21,22)(H,23,24);;/q;+1;-1. The molecule has 1 aliphatic carbocycles. The molecule has 0 aromatic carbocycles. The summed E-state index contributed by atoms with van der Waals surface area (Å²) in [4.78, 5) is 63.7. The number of carboxylic acid groups (broad SMARTS) is 3. The minimum absolute atomic E-state index is 0. The number of H-pyrrole nitrogens is 1. The summed E-state index contributed by atoms with van der Waals surface area (Å²) in [6.45, 7) is 0. The Labute approximate surface area is 151 Å². The molecular formula is C14H7LiN2O8. The van der Waals surface area contributed by atoms with E-state index in [0.29, 0.717) is 0 Å². The first kappa shape index (κ1) is 18.1. The molecule has 3 rings (SSSR count). The fraction of sp³-hybridized carbons (Fsp3) is 0. The van der Waals surface area contributed by atoms with Gasteiger partial charge in [0.15, 0.2) is 0 Å². The van der Waals surface area contributed by atoms with Crippen molar-refractivity contribution in [1.82, 2.24) is 9.97 Å². The predicted octanol–water partition coefficient (Wildman–Crippen LogP) is -2.33. The first-order valence-electron chi connectivity index (χ1n) is 6.29. The number of pyridine rings is 1. The number of hydrogen-bond donors (Lipinski definition) is 4. The third-order valence-electron chi connectivity index (χ3n) is 3.43. The van der Waals surface area contributed by atoms with E-state index in [1.165, 1.54) is 0 Å². The van der Waals surface area contributed by atoms with Gasteiger partial charge in [-0.05, 0) is 12.1 Å². The fourth-order valence-corrected chi connectivity index (χ4v) is 2.42. The smallest absolute Gasteiger partial charge is 1.00 e. The molecule has 0 bridgehead atoms. The van der Waals surface area contributed by atoms with Crippen LogP contribution in [-0.2, 0) is 0 Å². The van der Waals surface area contributed by atoms with Crippen LogP contribution in [0.5, 0.6) is 0 Å². The van der Waals surface area contributed by atoms with E-state index in [4.69, 9.17) is 10.2 Å². The van der Waals surface area contributed by atoms with E-state index >= 15 is 0 Å². The van der Waals surface area contributed by atoms with Crippen LogP contribution in [0.4, 0.5) is 0 Å². The van der Waals surface area contributed by atoms with Crippen LogP contribution >= 0.6 is 0 Å². The molecule has 2 aromatic rings. The minimum Gasteiger partial charge on any atom is -1.00 e. The molecule has 0 atom stereocenters. The maximum absolute atomic E-state index is 12.1. The van der Waals surface area contributed by atoms with Crippen LogP contribution in [0.1, 0.15) is 53.6 Å². The molecule has 0 amide bonds. The Bertz CT molecular complexity index is 997. The Morgan fingerprint density at radius 3 is 2.12 bits per heavy atom. The van der Waals surface area contributed by atoms with E-state index < -0.39 is 52.1 Å². The van der Waals surface area contributed by atoms with Crippen molar-refractivity contribution < 1.29 is 59.6 Å². The van der Waals surface area contributed by atoms with Gasteiger partial charge in [-0.3, -0.25) is 9.59 Å². The van der Waals surface area contributed by atoms with Crippen molar-refractivity contribution in [2.75, 3.05) is 0 Å². The zero-order chi connectivity index (χ0) is 17.8. The van der Waals surface area contributed by atoms with Crippen molar-refractivity contribution >= 4 is 29.5 Å². The second kappa shape index (κ2) is 6.01. The number of nitrogens with one attached hydrogen (secondary N) is 1. The zero-order valence-electron chi connectivity index (χ0n) is 13.5. The number of aromatic amines is 1. The molecule has 0 aliphatic heterocycles. The maximum atomic E-state index is 12.1. The third-order valence-corrected chi connectivity index (χ3v) is 3.43. The number of fused-ring (bicyclic) bond motifs is 3. The zero-order valence-corrected chi connectivity index (χ0v) is 12.5. The van der Waals surface area contributed by atoms with Gasteiger partial charge in [-0.1, -0.05) is 0 Å². The van der Waals surface area contributed by atoms with Gasteiger partial charge >= 0.3 is 36.8 Å². The summed E-state index contributed by atoms with van der Waals surface area (Å²) in [7, 11) is 0. The van der Waals surface area contributed by atoms with Gasteiger partial charge in [-0.15, -0.1) is 0 Å². The van der Waals surface area contributed by atoms with E-state index in [1.54, 1.807) is 0 Å². The van der Waals surface area contributed by atoms with Gasteiger partial charge in [0.05, 0.1) is 16.8 Å². The molecule has 25 heavy (non-hydrogen) atoms. The van der Waals surface area contributed by atoms with E-state index in [2.05, 4.69) is 9.97 Å². The topological polar surface area (TPSA) is 175 Å². The maximum Gasteiger partial charge on any atom is 1.00 e. The number of carbonyl (C=O) groups is 5. The molecule has 0 saturated carbocycles. The number of aromatic carboxylic acids is 3. The molecule has 11 heteroatoms. The first-order chi connectivity index (χ1) is 11.2. The van der Waals surface area contributed by atoms with Gasteiger partial charge in [0.2, 0.25) is 5.78 Å². The average Bonchev–Trinajstić information content (AvgIpc) is 2.96. The van der Waals surface area contributed by atoms with Crippen LogP contribution in [0.2, 0.25) is 0 Å². The summed E-state index contributed by atoms with van der Waals surface area (Å²) < 4.78 is 0. The minimum atomic E-state index is -1.58. The Balaban J connectivity index is 0.00000169. The number of hydrogen-bond acceptors (Lipinski definition) is 6. The quantitative estimate of drug-likeness (QED) is 0.353. The number of rotatable bonds is 3. The SMILES string of the molecule is O=C(O)c1cc(C(=O)O)c2c(n1)C(=O)C(=O)c1cc(C(=O)O)[nH]c1-2.[H-].[Li+]. The summed E-state index contributed by atoms with van der Waals surface area (Å²) in [6, 6.07) is 1.65. The van der Waals surface area contributed by atoms with Gasteiger partial charge in [0, 0.05) is 5.56 Å². The van der Waals surface area contributed by atoms with Crippen molar-refractivity contribution in [2.24, 2.45) is 0 Å². The average molecular weight is 338 g/mol. The predicted molar refractivity (Wildman–Crippen MR) is 74.7 cm³/mol. The number of carboxylic acids is 3. The van der Waals surface area contributed by atoms with Gasteiger partial charge in [-0.25, -0.2) is 19.4 Å². The molecule has 10 nitrogen and oxygen atoms in total. The largest absolute Gasteiger partial charge is 1.00 e. The second-order valence-corrected chi connectivity index (χ2v) is 4.82. The summed E-state index contributed by atoms with van der Waals surface area (Å²) >= 11 is 0. The van der Waals surface area contributed by atoms with E-state index in [1.807, 2.05) is 0 Å². The Morgan fingerprint density at radius 1 is 0.960 bits per heavy atom. The number of carbonyl (C=O) groups excluding carboxylic acids is 2. The number of nitrogens with zero attached hydrogens (tertiary/aromatic N) is 1. The summed E-state index contributed by atoms with van der Waals surface area (Å²) in [5.41, 5.74) is -3.21. The van der Waals surface area contributed by atoms with Crippen LogP contribution in [0.15, 0.2) is 12.1 Å². The van der Waals surface area contributed by atoms with Crippen molar-refractivity contribution in [3.63, 3.8) is 0 Å². The van der Waals surface area contributed by atoms with Crippen LogP contribution in [0, 0.1) is 0 Å². The van der Waals surface area contributed by atoms with Gasteiger partial charge in [0.25, 0.3) is 5.78 Å².